The number of aryl methyl sites for hydroxylation is 2. The van der Waals surface area contributed by atoms with E-state index in [0.29, 0.717) is 25.2 Å². The third-order valence-electron chi connectivity index (χ3n) is 3.94. The van der Waals surface area contributed by atoms with Crippen LogP contribution in [0.1, 0.15) is 23.4 Å². The van der Waals surface area contributed by atoms with E-state index in [2.05, 4.69) is 25.7 Å². The number of carbonyl (C=O) groups excluding carboxylic acids is 1. The van der Waals surface area contributed by atoms with E-state index >= 15 is 0 Å². The van der Waals surface area contributed by atoms with Crippen LogP contribution in [0, 0.1) is 13.8 Å². The summed E-state index contributed by atoms with van der Waals surface area (Å²) in [5, 5.41) is 14.8. The number of nitrogens with zero attached hydrogens (tertiary/aromatic N) is 6. The lowest BCUT2D eigenvalue weighted by molar-refractivity contribution is -0.121. The highest BCUT2D eigenvalue weighted by molar-refractivity contribution is 5.76. The Labute approximate surface area is 148 Å². The fourth-order valence-electron chi connectivity index (χ4n) is 2.53. The Bertz CT molecular complexity index is 924. The first-order valence-corrected chi connectivity index (χ1v) is 8.16. The third-order valence-corrected chi connectivity index (χ3v) is 3.94. The van der Waals surface area contributed by atoms with Crippen molar-refractivity contribution in [2.24, 2.45) is 0 Å². The maximum Gasteiger partial charge on any atom is 0.266 e. The van der Waals surface area contributed by atoms with Crippen molar-refractivity contribution in [1.29, 1.82) is 0 Å². The minimum Gasteiger partial charge on any atom is -0.361 e. The van der Waals surface area contributed by atoms with Crippen LogP contribution in [0.15, 0.2) is 34.1 Å². The van der Waals surface area contributed by atoms with Crippen molar-refractivity contribution in [3.63, 3.8) is 0 Å². The van der Waals surface area contributed by atoms with Crippen molar-refractivity contribution in [2.75, 3.05) is 6.54 Å². The lowest BCUT2D eigenvalue weighted by Gasteiger charge is -2.08. The second kappa shape index (κ2) is 7.72. The summed E-state index contributed by atoms with van der Waals surface area (Å²) in [4.78, 5) is 27.7. The molecule has 3 aromatic rings. The quantitative estimate of drug-likeness (QED) is 0.640. The summed E-state index contributed by atoms with van der Waals surface area (Å²) in [6.07, 6.45) is 3.77. The minimum absolute atomic E-state index is 0.106. The van der Waals surface area contributed by atoms with Gasteiger partial charge in [-0.3, -0.25) is 9.59 Å². The maximum absolute atomic E-state index is 12.0. The molecule has 0 aliphatic heterocycles. The molecular formula is C16H19N7O3. The maximum atomic E-state index is 12.0. The van der Waals surface area contributed by atoms with Crippen LogP contribution in [0.25, 0.3) is 5.82 Å². The zero-order chi connectivity index (χ0) is 18.5. The number of rotatable bonds is 7. The number of aromatic nitrogens is 6. The lowest BCUT2D eigenvalue weighted by atomic mass is 10.1. The molecule has 1 amide bonds. The van der Waals surface area contributed by atoms with E-state index < -0.39 is 0 Å². The standard InChI is InChI=1S/C16H19N7O3/c1-11-13(12(2)26-21-11)3-5-15(24)18-7-8-22-16(25)6-4-14(20-22)23-10-17-9-19-23/h4,6,9-10H,3,5,7-8H2,1-2H3,(H,18,24). The van der Waals surface area contributed by atoms with Gasteiger partial charge in [-0.05, 0) is 26.3 Å². The summed E-state index contributed by atoms with van der Waals surface area (Å²) < 4.78 is 7.82. The van der Waals surface area contributed by atoms with Gasteiger partial charge in [0.2, 0.25) is 5.91 Å². The van der Waals surface area contributed by atoms with Crippen molar-refractivity contribution in [3.05, 3.63) is 52.2 Å². The molecule has 10 nitrogen and oxygen atoms in total. The first-order valence-electron chi connectivity index (χ1n) is 8.16. The fraction of sp³-hybridized carbons (Fsp3) is 0.375. The monoisotopic (exact) mass is 357 g/mol. The molecule has 0 unspecified atom stereocenters. The van der Waals surface area contributed by atoms with E-state index in [1.807, 2.05) is 13.8 Å². The van der Waals surface area contributed by atoms with Gasteiger partial charge in [-0.2, -0.15) is 5.10 Å². The number of amides is 1. The zero-order valence-corrected chi connectivity index (χ0v) is 14.5. The van der Waals surface area contributed by atoms with E-state index in [1.165, 1.54) is 28.1 Å². The molecule has 0 atom stereocenters. The van der Waals surface area contributed by atoms with Crippen LogP contribution in [-0.2, 0) is 17.8 Å². The van der Waals surface area contributed by atoms with Crippen molar-refractivity contribution >= 4 is 5.91 Å². The highest BCUT2D eigenvalue weighted by Crippen LogP contribution is 2.14. The Morgan fingerprint density at radius 2 is 2.15 bits per heavy atom. The normalized spacial score (nSPS) is 10.8. The van der Waals surface area contributed by atoms with E-state index in [-0.39, 0.29) is 18.0 Å². The van der Waals surface area contributed by atoms with E-state index in [1.54, 1.807) is 6.07 Å². The molecule has 0 saturated carbocycles. The molecule has 0 fully saturated rings. The van der Waals surface area contributed by atoms with Crippen molar-refractivity contribution < 1.29 is 9.32 Å². The van der Waals surface area contributed by atoms with Crippen LogP contribution in [0.4, 0.5) is 0 Å². The Balaban J connectivity index is 1.52. The summed E-state index contributed by atoms with van der Waals surface area (Å²) in [7, 11) is 0. The largest absolute Gasteiger partial charge is 0.361 e. The molecule has 0 spiro atoms. The molecule has 1 N–H and O–H groups in total. The molecule has 0 radical (unpaired) electrons. The van der Waals surface area contributed by atoms with E-state index in [9.17, 15) is 9.59 Å². The summed E-state index contributed by atoms with van der Waals surface area (Å²) >= 11 is 0. The first kappa shape index (κ1) is 17.5. The molecule has 0 aliphatic carbocycles. The average Bonchev–Trinajstić information content (AvgIpc) is 3.26. The van der Waals surface area contributed by atoms with Gasteiger partial charge in [-0.1, -0.05) is 5.16 Å². The van der Waals surface area contributed by atoms with Gasteiger partial charge in [0.15, 0.2) is 5.82 Å². The molecule has 26 heavy (non-hydrogen) atoms. The van der Waals surface area contributed by atoms with Gasteiger partial charge in [0.25, 0.3) is 5.56 Å². The van der Waals surface area contributed by atoms with Gasteiger partial charge in [-0.25, -0.2) is 14.3 Å². The summed E-state index contributed by atoms with van der Waals surface area (Å²) in [6, 6.07) is 2.97. The Hall–Kier alpha value is -3.30. The second-order valence-electron chi connectivity index (χ2n) is 5.75. The molecule has 0 aliphatic rings. The number of hydrogen-bond acceptors (Lipinski definition) is 7. The van der Waals surface area contributed by atoms with Crippen LogP contribution in [0.3, 0.4) is 0 Å². The second-order valence-corrected chi connectivity index (χ2v) is 5.75. The predicted octanol–water partition coefficient (Wildman–Crippen LogP) is 0.178. The van der Waals surface area contributed by atoms with Gasteiger partial charge >= 0.3 is 0 Å². The van der Waals surface area contributed by atoms with Crippen LogP contribution in [0.2, 0.25) is 0 Å². The minimum atomic E-state index is -0.251. The smallest absolute Gasteiger partial charge is 0.266 e. The van der Waals surface area contributed by atoms with Gasteiger partial charge in [0, 0.05) is 24.6 Å². The van der Waals surface area contributed by atoms with Gasteiger partial charge in [0.05, 0.1) is 12.2 Å². The van der Waals surface area contributed by atoms with Crippen molar-refractivity contribution in [3.8, 4) is 5.82 Å². The van der Waals surface area contributed by atoms with E-state index in [0.717, 1.165) is 17.0 Å². The Morgan fingerprint density at radius 1 is 1.31 bits per heavy atom. The predicted molar refractivity (Wildman–Crippen MR) is 90.7 cm³/mol. The fourth-order valence-corrected chi connectivity index (χ4v) is 2.53. The van der Waals surface area contributed by atoms with Crippen molar-refractivity contribution in [2.45, 2.75) is 33.2 Å². The first-order chi connectivity index (χ1) is 12.5. The van der Waals surface area contributed by atoms with Crippen molar-refractivity contribution in [1.82, 2.24) is 35.0 Å². The average molecular weight is 357 g/mol. The van der Waals surface area contributed by atoms with Gasteiger partial charge in [0.1, 0.15) is 18.4 Å². The molecule has 3 heterocycles. The van der Waals surface area contributed by atoms with Gasteiger partial charge in [-0.15, -0.1) is 5.10 Å². The van der Waals surface area contributed by atoms with Crippen LogP contribution in [-0.4, -0.2) is 42.2 Å². The van der Waals surface area contributed by atoms with Crippen LogP contribution in [0.5, 0.6) is 0 Å². The SMILES string of the molecule is Cc1noc(C)c1CCC(=O)NCCn1nc(-n2cncn2)ccc1=O. The summed E-state index contributed by atoms with van der Waals surface area (Å²) in [5.74, 6) is 1.10. The lowest BCUT2D eigenvalue weighted by Crippen LogP contribution is -2.32. The van der Waals surface area contributed by atoms with Gasteiger partial charge < -0.3 is 9.84 Å². The molecule has 0 bridgehead atoms. The molecule has 10 heteroatoms. The Morgan fingerprint density at radius 3 is 2.85 bits per heavy atom. The highest BCUT2D eigenvalue weighted by atomic mass is 16.5. The highest BCUT2D eigenvalue weighted by Gasteiger charge is 2.11. The van der Waals surface area contributed by atoms with Crippen LogP contribution < -0.4 is 10.9 Å². The van der Waals surface area contributed by atoms with E-state index in [4.69, 9.17) is 4.52 Å². The number of carbonyl (C=O) groups is 1. The molecule has 3 rings (SSSR count). The third kappa shape index (κ3) is 4.02. The molecule has 136 valence electrons. The topological polar surface area (TPSA) is 121 Å². The van der Waals surface area contributed by atoms with Crippen LogP contribution >= 0.6 is 0 Å². The number of hydrogen-bond donors (Lipinski definition) is 1. The number of nitrogens with one attached hydrogen (secondary N) is 1. The molecule has 0 aromatic carbocycles. The molecular weight excluding hydrogens is 338 g/mol. The summed E-state index contributed by atoms with van der Waals surface area (Å²) in [6.45, 7) is 4.24. The summed E-state index contributed by atoms with van der Waals surface area (Å²) in [5.41, 5.74) is 1.51. The molecule has 3 aromatic heterocycles. The Kier molecular flexibility index (Phi) is 5.20. The zero-order valence-electron chi connectivity index (χ0n) is 14.5. The molecule has 0 saturated heterocycles.